The van der Waals surface area contributed by atoms with Crippen molar-refractivity contribution in [3.8, 4) is 11.5 Å². The molecule has 0 N–H and O–H groups in total. The van der Waals surface area contributed by atoms with Crippen molar-refractivity contribution in [2.75, 3.05) is 32.8 Å². The van der Waals surface area contributed by atoms with Crippen LogP contribution in [0.3, 0.4) is 0 Å². The number of para-hydroxylation sites is 2. The molecule has 1 aromatic carbocycles. The van der Waals surface area contributed by atoms with E-state index in [0.717, 1.165) is 31.1 Å². The van der Waals surface area contributed by atoms with Gasteiger partial charge >= 0.3 is 0 Å². The average Bonchev–Trinajstić information content (AvgIpc) is 2.45. The molecule has 1 heterocycles. The molecule has 0 bridgehead atoms. The summed E-state index contributed by atoms with van der Waals surface area (Å²) in [6.45, 7) is 7.74. The molecule has 1 atom stereocenters. The number of ether oxygens (including phenoxy) is 2. The maximum atomic E-state index is 11.5. The number of rotatable bonds is 6. The number of benzene rings is 1. The number of piperidine rings is 1. The van der Waals surface area contributed by atoms with Gasteiger partial charge in [-0.2, -0.15) is 0 Å². The third kappa shape index (κ3) is 3.97. The van der Waals surface area contributed by atoms with E-state index in [1.807, 2.05) is 38.1 Å². The normalized spacial score (nSPS) is 19.9. The fourth-order valence-corrected chi connectivity index (χ4v) is 2.43. The minimum Gasteiger partial charge on any atom is -0.490 e. The third-order valence-electron chi connectivity index (χ3n) is 3.57. The Kier molecular flexibility index (Phi) is 5.41. The van der Waals surface area contributed by atoms with Gasteiger partial charge in [-0.15, -0.1) is 0 Å². The Hall–Kier alpha value is -1.55. The lowest BCUT2D eigenvalue weighted by Gasteiger charge is -2.29. The Morgan fingerprint density at radius 2 is 1.95 bits per heavy atom. The monoisotopic (exact) mass is 277 g/mol. The van der Waals surface area contributed by atoms with Gasteiger partial charge in [-0.1, -0.05) is 19.1 Å². The maximum absolute atomic E-state index is 11.5. The fourth-order valence-electron chi connectivity index (χ4n) is 2.43. The molecule has 1 aromatic rings. The number of Topliss-reactive ketones (excluding diaryl/α,β-unsaturated/α-hetero) is 1. The average molecular weight is 277 g/mol. The molecule has 0 spiro atoms. The fraction of sp³-hybridized carbons (Fsp3) is 0.562. The highest BCUT2D eigenvalue weighted by Crippen LogP contribution is 2.26. The molecule has 0 aliphatic carbocycles. The molecule has 0 radical (unpaired) electrons. The van der Waals surface area contributed by atoms with Crippen LogP contribution in [0, 0.1) is 5.92 Å². The zero-order valence-electron chi connectivity index (χ0n) is 12.3. The number of likely N-dealkylation sites (tertiary alicyclic amines) is 1. The molecular formula is C16H23NO3. The van der Waals surface area contributed by atoms with Gasteiger partial charge in [0.2, 0.25) is 0 Å². The predicted molar refractivity (Wildman–Crippen MR) is 78.3 cm³/mol. The summed E-state index contributed by atoms with van der Waals surface area (Å²) in [4.78, 5) is 13.8. The van der Waals surface area contributed by atoms with E-state index in [2.05, 4.69) is 4.90 Å². The third-order valence-corrected chi connectivity index (χ3v) is 3.57. The second-order valence-electron chi connectivity index (χ2n) is 5.15. The summed E-state index contributed by atoms with van der Waals surface area (Å²) in [5.41, 5.74) is 0. The molecule has 0 aromatic heterocycles. The summed E-state index contributed by atoms with van der Waals surface area (Å²) in [6, 6.07) is 7.73. The molecule has 0 saturated carbocycles. The van der Waals surface area contributed by atoms with Gasteiger partial charge in [0.15, 0.2) is 11.5 Å². The zero-order valence-corrected chi connectivity index (χ0v) is 12.3. The van der Waals surface area contributed by atoms with Crippen LogP contribution in [-0.2, 0) is 4.79 Å². The van der Waals surface area contributed by atoms with Crippen LogP contribution in [-0.4, -0.2) is 43.5 Å². The molecule has 110 valence electrons. The lowest BCUT2D eigenvalue weighted by Crippen LogP contribution is -2.41. The maximum Gasteiger partial charge on any atom is 0.161 e. The van der Waals surface area contributed by atoms with E-state index >= 15 is 0 Å². The lowest BCUT2D eigenvalue weighted by atomic mass is 9.99. The molecule has 4 nitrogen and oxygen atoms in total. The van der Waals surface area contributed by atoms with E-state index in [-0.39, 0.29) is 5.92 Å². The van der Waals surface area contributed by atoms with Crippen LogP contribution >= 0.6 is 0 Å². The van der Waals surface area contributed by atoms with Gasteiger partial charge < -0.3 is 9.47 Å². The first kappa shape index (κ1) is 14.9. The van der Waals surface area contributed by atoms with Crippen LogP contribution in [0.5, 0.6) is 11.5 Å². The van der Waals surface area contributed by atoms with Crippen molar-refractivity contribution in [2.24, 2.45) is 5.92 Å². The van der Waals surface area contributed by atoms with Crippen molar-refractivity contribution in [3.05, 3.63) is 24.3 Å². The predicted octanol–water partition coefficient (Wildman–Crippen LogP) is 2.38. The summed E-state index contributed by atoms with van der Waals surface area (Å²) >= 11 is 0. The number of ketones is 1. The van der Waals surface area contributed by atoms with Crippen LogP contribution in [0.4, 0.5) is 0 Å². The minimum atomic E-state index is 0.152. The molecule has 0 amide bonds. The number of carbonyl (C=O) groups is 1. The van der Waals surface area contributed by atoms with E-state index in [9.17, 15) is 4.79 Å². The van der Waals surface area contributed by atoms with Gasteiger partial charge in [0.1, 0.15) is 12.4 Å². The molecule has 1 unspecified atom stereocenters. The first-order valence-corrected chi connectivity index (χ1v) is 7.30. The Labute approximate surface area is 120 Å². The molecule has 1 fully saturated rings. The van der Waals surface area contributed by atoms with E-state index in [1.54, 1.807) is 0 Å². The van der Waals surface area contributed by atoms with Gasteiger partial charge in [-0.3, -0.25) is 9.69 Å². The molecule has 4 heteroatoms. The Morgan fingerprint density at radius 1 is 1.25 bits per heavy atom. The standard InChI is InChI=1S/C16H23NO3/c1-3-19-15-6-4-5-7-16(15)20-11-10-17-9-8-14(18)13(2)12-17/h4-7,13H,3,8-12H2,1-2H3. The van der Waals surface area contributed by atoms with E-state index in [1.165, 1.54) is 0 Å². The molecular weight excluding hydrogens is 254 g/mol. The number of hydrogen-bond donors (Lipinski definition) is 0. The topological polar surface area (TPSA) is 38.8 Å². The van der Waals surface area contributed by atoms with Crippen molar-refractivity contribution in [3.63, 3.8) is 0 Å². The SMILES string of the molecule is CCOc1ccccc1OCCN1CCC(=O)C(C)C1. The summed E-state index contributed by atoms with van der Waals surface area (Å²) in [7, 11) is 0. The van der Waals surface area contributed by atoms with Crippen molar-refractivity contribution in [1.29, 1.82) is 0 Å². The molecule has 1 aliphatic heterocycles. The summed E-state index contributed by atoms with van der Waals surface area (Å²) in [5, 5.41) is 0. The quantitative estimate of drug-likeness (QED) is 0.800. The first-order chi connectivity index (χ1) is 9.70. The second kappa shape index (κ2) is 7.29. The van der Waals surface area contributed by atoms with Crippen LogP contribution < -0.4 is 9.47 Å². The molecule has 1 aliphatic rings. The number of hydrogen-bond acceptors (Lipinski definition) is 4. The Morgan fingerprint density at radius 3 is 2.60 bits per heavy atom. The van der Waals surface area contributed by atoms with Crippen LogP contribution in [0.2, 0.25) is 0 Å². The van der Waals surface area contributed by atoms with Crippen molar-refractivity contribution >= 4 is 5.78 Å². The summed E-state index contributed by atoms with van der Waals surface area (Å²) in [6.07, 6.45) is 0.663. The Bertz CT molecular complexity index is 447. The summed E-state index contributed by atoms with van der Waals surface area (Å²) < 4.78 is 11.3. The van der Waals surface area contributed by atoms with Crippen LogP contribution in [0.25, 0.3) is 0 Å². The van der Waals surface area contributed by atoms with Crippen LogP contribution in [0.1, 0.15) is 20.3 Å². The smallest absolute Gasteiger partial charge is 0.161 e. The lowest BCUT2D eigenvalue weighted by molar-refractivity contribution is -0.125. The molecule has 2 rings (SSSR count). The van der Waals surface area contributed by atoms with Gasteiger partial charge in [0, 0.05) is 32.0 Å². The van der Waals surface area contributed by atoms with Crippen molar-refractivity contribution < 1.29 is 14.3 Å². The second-order valence-corrected chi connectivity index (χ2v) is 5.15. The highest BCUT2D eigenvalue weighted by Gasteiger charge is 2.22. The highest BCUT2D eigenvalue weighted by molar-refractivity contribution is 5.81. The molecule has 20 heavy (non-hydrogen) atoms. The van der Waals surface area contributed by atoms with E-state index in [4.69, 9.17) is 9.47 Å². The van der Waals surface area contributed by atoms with Crippen LogP contribution in [0.15, 0.2) is 24.3 Å². The number of carbonyl (C=O) groups excluding carboxylic acids is 1. The van der Waals surface area contributed by atoms with Gasteiger partial charge in [-0.05, 0) is 19.1 Å². The van der Waals surface area contributed by atoms with Crippen molar-refractivity contribution in [1.82, 2.24) is 4.90 Å². The largest absolute Gasteiger partial charge is 0.490 e. The minimum absolute atomic E-state index is 0.152. The zero-order chi connectivity index (χ0) is 14.4. The van der Waals surface area contributed by atoms with E-state index in [0.29, 0.717) is 25.4 Å². The van der Waals surface area contributed by atoms with Gasteiger partial charge in [0.05, 0.1) is 6.61 Å². The Balaban J connectivity index is 1.80. The van der Waals surface area contributed by atoms with E-state index < -0.39 is 0 Å². The van der Waals surface area contributed by atoms with Crippen molar-refractivity contribution in [2.45, 2.75) is 20.3 Å². The highest BCUT2D eigenvalue weighted by atomic mass is 16.5. The van der Waals surface area contributed by atoms with Gasteiger partial charge in [0.25, 0.3) is 0 Å². The molecule has 1 saturated heterocycles. The van der Waals surface area contributed by atoms with Gasteiger partial charge in [-0.25, -0.2) is 0 Å². The first-order valence-electron chi connectivity index (χ1n) is 7.30. The number of nitrogens with zero attached hydrogens (tertiary/aromatic N) is 1. The summed E-state index contributed by atoms with van der Waals surface area (Å²) in [5.74, 6) is 2.11.